The second kappa shape index (κ2) is 6.23. The van der Waals surface area contributed by atoms with Crippen LogP contribution in [-0.4, -0.2) is 12.5 Å². The third-order valence-corrected chi connectivity index (χ3v) is 2.40. The number of aryl methyl sites for hydroxylation is 1. The van der Waals surface area contributed by atoms with Gasteiger partial charge in [-0.25, -0.2) is 0 Å². The quantitative estimate of drug-likeness (QED) is 0.786. The highest BCUT2D eigenvalue weighted by molar-refractivity contribution is 5.95. The van der Waals surface area contributed by atoms with Crippen molar-refractivity contribution in [3.05, 3.63) is 35.4 Å². The molecule has 0 aliphatic heterocycles. The molecule has 0 aliphatic carbocycles. The fraction of sp³-hybridized carbons (Fsp3) is 0.462. The van der Waals surface area contributed by atoms with Gasteiger partial charge in [-0.2, -0.15) is 0 Å². The van der Waals surface area contributed by atoms with Gasteiger partial charge in [-0.15, -0.1) is 0 Å². The minimum Gasteiger partial charge on any atom is -0.352 e. The number of hydrogen-bond acceptors (Lipinski definition) is 1. The molecule has 0 spiro atoms. The van der Waals surface area contributed by atoms with Crippen LogP contribution in [0.2, 0.25) is 0 Å². The highest BCUT2D eigenvalue weighted by atomic mass is 16.1. The van der Waals surface area contributed by atoms with Crippen LogP contribution in [0.1, 0.15) is 42.6 Å². The van der Waals surface area contributed by atoms with E-state index in [-0.39, 0.29) is 5.91 Å². The van der Waals surface area contributed by atoms with Gasteiger partial charge < -0.3 is 5.32 Å². The first-order valence-electron chi connectivity index (χ1n) is 5.65. The van der Waals surface area contributed by atoms with Gasteiger partial charge >= 0.3 is 0 Å². The van der Waals surface area contributed by atoms with Crippen LogP contribution in [0.3, 0.4) is 0 Å². The van der Waals surface area contributed by atoms with E-state index in [1.807, 2.05) is 31.2 Å². The molecule has 0 atom stereocenters. The molecule has 0 fully saturated rings. The molecule has 1 aromatic carbocycles. The van der Waals surface area contributed by atoms with E-state index >= 15 is 0 Å². The van der Waals surface area contributed by atoms with Crippen LogP contribution in [-0.2, 0) is 6.42 Å². The van der Waals surface area contributed by atoms with Crippen LogP contribution in [0.4, 0.5) is 0 Å². The third kappa shape index (κ3) is 3.39. The number of unbranched alkanes of at least 4 members (excludes halogenated alkanes) is 1. The van der Waals surface area contributed by atoms with E-state index in [1.165, 1.54) is 0 Å². The Bertz CT molecular complexity index is 320. The lowest BCUT2D eigenvalue weighted by Gasteiger charge is -2.08. The van der Waals surface area contributed by atoms with Crippen LogP contribution in [0.5, 0.6) is 0 Å². The molecule has 0 bridgehead atoms. The van der Waals surface area contributed by atoms with E-state index in [4.69, 9.17) is 0 Å². The second-order valence-corrected chi connectivity index (χ2v) is 3.62. The first-order valence-corrected chi connectivity index (χ1v) is 5.65. The number of nitrogens with one attached hydrogen (secondary N) is 1. The molecule has 2 heteroatoms. The van der Waals surface area contributed by atoms with E-state index in [0.29, 0.717) is 6.54 Å². The molecule has 0 aromatic heterocycles. The van der Waals surface area contributed by atoms with Crippen molar-refractivity contribution in [2.75, 3.05) is 6.54 Å². The van der Waals surface area contributed by atoms with Gasteiger partial charge in [-0.3, -0.25) is 4.79 Å². The first kappa shape index (κ1) is 11.8. The minimum atomic E-state index is 0.0456. The molecule has 0 radical (unpaired) electrons. The minimum absolute atomic E-state index is 0.0456. The highest BCUT2D eigenvalue weighted by Crippen LogP contribution is 2.11. The Kier molecular flexibility index (Phi) is 4.88. The summed E-state index contributed by atoms with van der Waals surface area (Å²) in [5.41, 5.74) is 1.98. The second-order valence-electron chi connectivity index (χ2n) is 3.62. The number of benzene rings is 1. The lowest BCUT2D eigenvalue weighted by molar-refractivity contribution is 0.0955. The molecule has 0 aliphatic rings. The molecule has 2 nitrogen and oxygen atoms in total. The summed E-state index contributed by atoms with van der Waals surface area (Å²) in [6, 6.07) is 7.85. The van der Waals surface area contributed by atoms with Gasteiger partial charge in [0, 0.05) is 12.1 Å². The Morgan fingerprint density at radius 2 is 2.00 bits per heavy atom. The third-order valence-electron chi connectivity index (χ3n) is 2.40. The van der Waals surface area contributed by atoms with Crippen molar-refractivity contribution < 1.29 is 4.79 Å². The maximum Gasteiger partial charge on any atom is 0.251 e. The Labute approximate surface area is 91.7 Å². The molecule has 15 heavy (non-hydrogen) atoms. The molecule has 1 rings (SSSR count). The van der Waals surface area contributed by atoms with Crippen LogP contribution in [0, 0.1) is 0 Å². The summed E-state index contributed by atoms with van der Waals surface area (Å²) in [7, 11) is 0. The average Bonchev–Trinajstić information content (AvgIpc) is 2.27. The summed E-state index contributed by atoms with van der Waals surface area (Å²) in [5.74, 6) is 0.0456. The van der Waals surface area contributed by atoms with Crippen molar-refractivity contribution in [1.29, 1.82) is 0 Å². The molecule has 0 heterocycles. The van der Waals surface area contributed by atoms with Gasteiger partial charge in [0.1, 0.15) is 0 Å². The van der Waals surface area contributed by atoms with Gasteiger partial charge in [0.15, 0.2) is 0 Å². The zero-order valence-corrected chi connectivity index (χ0v) is 9.55. The van der Waals surface area contributed by atoms with Crippen molar-refractivity contribution in [3.63, 3.8) is 0 Å². The van der Waals surface area contributed by atoms with Crippen molar-refractivity contribution in [2.45, 2.75) is 33.1 Å². The molecule has 1 amide bonds. The number of amides is 1. The molecular weight excluding hydrogens is 186 g/mol. The summed E-state index contributed by atoms with van der Waals surface area (Å²) in [5, 5.41) is 2.84. The van der Waals surface area contributed by atoms with Crippen molar-refractivity contribution in [3.8, 4) is 0 Å². The predicted octanol–water partition coefficient (Wildman–Crippen LogP) is 2.78. The Balaban J connectivity index is 2.80. The van der Waals surface area contributed by atoms with Crippen LogP contribution in [0.15, 0.2) is 24.3 Å². The summed E-state index contributed by atoms with van der Waals surface area (Å²) in [6.45, 7) is 4.78. The summed E-state index contributed by atoms with van der Waals surface area (Å²) >= 11 is 0. The predicted molar refractivity (Wildman–Crippen MR) is 63.1 cm³/mol. The van der Waals surface area contributed by atoms with Gasteiger partial charge in [-0.1, -0.05) is 31.5 Å². The first-order chi connectivity index (χ1) is 7.29. The number of carbonyl (C=O) groups excluding carboxylic acids is 1. The molecule has 1 aromatic rings. The van der Waals surface area contributed by atoms with E-state index < -0.39 is 0 Å². The van der Waals surface area contributed by atoms with E-state index in [0.717, 1.165) is 30.4 Å². The van der Waals surface area contributed by atoms with Crippen LogP contribution in [0.25, 0.3) is 0 Å². The maximum atomic E-state index is 11.7. The lowest BCUT2D eigenvalue weighted by atomic mass is 10.0. The number of carbonyl (C=O) groups is 1. The fourth-order valence-corrected chi connectivity index (χ4v) is 1.58. The van der Waals surface area contributed by atoms with Gasteiger partial charge in [0.05, 0.1) is 0 Å². The smallest absolute Gasteiger partial charge is 0.251 e. The van der Waals surface area contributed by atoms with Crippen LogP contribution < -0.4 is 5.32 Å². The molecule has 0 saturated heterocycles. The van der Waals surface area contributed by atoms with Crippen molar-refractivity contribution >= 4 is 5.91 Å². The van der Waals surface area contributed by atoms with Crippen LogP contribution >= 0.6 is 0 Å². The van der Waals surface area contributed by atoms with Crippen molar-refractivity contribution in [1.82, 2.24) is 5.32 Å². The molecule has 1 N–H and O–H groups in total. The van der Waals surface area contributed by atoms with Gasteiger partial charge in [0.2, 0.25) is 0 Å². The standard InChI is InChI=1S/C13H19NO/c1-3-5-8-11-9-6-7-10-12(11)13(15)14-4-2/h6-7,9-10H,3-5,8H2,1-2H3,(H,14,15). The molecular formula is C13H19NO. The fourth-order valence-electron chi connectivity index (χ4n) is 1.58. The number of rotatable bonds is 5. The highest BCUT2D eigenvalue weighted by Gasteiger charge is 2.08. The zero-order chi connectivity index (χ0) is 11.1. The SMILES string of the molecule is CCCCc1ccccc1C(=O)NCC. The molecule has 0 unspecified atom stereocenters. The summed E-state index contributed by atoms with van der Waals surface area (Å²) < 4.78 is 0. The molecule has 0 saturated carbocycles. The lowest BCUT2D eigenvalue weighted by Crippen LogP contribution is -2.23. The monoisotopic (exact) mass is 205 g/mol. The van der Waals surface area contributed by atoms with Gasteiger partial charge in [0.25, 0.3) is 5.91 Å². The normalized spacial score (nSPS) is 10.0. The topological polar surface area (TPSA) is 29.1 Å². The maximum absolute atomic E-state index is 11.7. The summed E-state index contributed by atoms with van der Waals surface area (Å²) in [6.07, 6.45) is 3.28. The summed E-state index contributed by atoms with van der Waals surface area (Å²) in [4.78, 5) is 11.7. The molecule has 82 valence electrons. The Hall–Kier alpha value is -1.31. The van der Waals surface area contributed by atoms with Crippen molar-refractivity contribution in [2.24, 2.45) is 0 Å². The Morgan fingerprint density at radius 1 is 1.27 bits per heavy atom. The van der Waals surface area contributed by atoms with Gasteiger partial charge in [-0.05, 0) is 31.4 Å². The largest absolute Gasteiger partial charge is 0.352 e. The van der Waals surface area contributed by atoms with E-state index in [1.54, 1.807) is 0 Å². The van der Waals surface area contributed by atoms with E-state index in [2.05, 4.69) is 12.2 Å². The average molecular weight is 205 g/mol. The Morgan fingerprint density at radius 3 is 2.67 bits per heavy atom. The zero-order valence-electron chi connectivity index (χ0n) is 9.55. The number of hydrogen-bond donors (Lipinski definition) is 1. The van der Waals surface area contributed by atoms with E-state index in [9.17, 15) is 4.79 Å².